The smallest absolute Gasteiger partial charge is 0.198 e. The second-order valence-electron chi connectivity index (χ2n) is 10.8. The molecule has 2 aromatic rings. The van der Waals surface area contributed by atoms with E-state index in [-0.39, 0.29) is 59.1 Å². The monoisotopic (exact) mass is 539 g/mol. The lowest BCUT2D eigenvalue weighted by Crippen LogP contribution is -2.52. The van der Waals surface area contributed by atoms with Crippen LogP contribution in [0.15, 0.2) is 24.3 Å². The molecule has 1 fully saturated rings. The number of nitrogens with two attached hydrogens (primary N) is 1. The Balaban J connectivity index is 1.64. The quantitative estimate of drug-likeness (QED) is 0.292. The molecule has 10 heteroatoms. The molecule has 2 aliphatic carbocycles. The maximum absolute atomic E-state index is 13.4. The molecule has 0 spiro atoms. The van der Waals surface area contributed by atoms with E-state index >= 15 is 0 Å². The molecule has 208 valence electrons. The highest BCUT2D eigenvalue weighted by Crippen LogP contribution is 2.52. The van der Waals surface area contributed by atoms with E-state index in [1.54, 1.807) is 19.1 Å². The van der Waals surface area contributed by atoms with Crippen molar-refractivity contribution in [3.63, 3.8) is 0 Å². The van der Waals surface area contributed by atoms with Crippen molar-refractivity contribution < 1.29 is 44.3 Å². The molecule has 39 heavy (non-hydrogen) atoms. The zero-order chi connectivity index (χ0) is 28.2. The Kier molecular flexibility index (Phi) is 7.11. The summed E-state index contributed by atoms with van der Waals surface area (Å²) in [6.45, 7) is 3.54. The van der Waals surface area contributed by atoms with E-state index in [2.05, 4.69) is 0 Å². The van der Waals surface area contributed by atoms with Crippen molar-refractivity contribution >= 4 is 17.3 Å². The summed E-state index contributed by atoms with van der Waals surface area (Å²) in [5, 5.41) is 44.6. The first-order valence-corrected chi connectivity index (χ1v) is 13.3. The number of phenolic OH excluding ortho intramolecular Hbond substituents is 2. The fraction of sp³-hybridized carbons (Fsp3) is 0.483. The molecule has 5 rings (SSSR count). The summed E-state index contributed by atoms with van der Waals surface area (Å²) in [5.74, 6) is -2.87. The number of fused-ring (bicyclic) bond motifs is 3. The first-order valence-electron chi connectivity index (χ1n) is 13.3. The van der Waals surface area contributed by atoms with E-state index in [1.165, 1.54) is 12.1 Å². The number of aliphatic hydroxyl groups is 2. The summed E-state index contributed by atoms with van der Waals surface area (Å²) < 4.78 is 11.9. The molecule has 10 nitrogen and oxygen atoms in total. The van der Waals surface area contributed by atoms with Crippen LogP contribution < -0.4 is 5.73 Å². The number of aromatic hydroxyl groups is 2. The van der Waals surface area contributed by atoms with Crippen molar-refractivity contribution in [1.29, 1.82) is 0 Å². The highest BCUT2D eigenvalue weighted by Gasteiger charge is 2.49. The zero-order valence-electron chi connectivity index (χ0n) is 21.8. The first-order chi connectivity index (χ1) is 18.5. The number of benzene rings is 2. The van der Waals surface area contributed by atoms with Crippen LogP contribution >= 0.6 is 0 Å². The van der Waals surface area contributed by atoms with Crippen LogP contribution in [0, 0.1) is 0 Å². The van der Waals surface area contributed by atoms with Crippen LogP contribution in [0.2, 0.25) is 0 Å². The van der Waals surface area contributed by atoms with Gasteiger partial charge in [0.1, 0.15) is 17.1 Å². The molecule has 2 aromatic carbocycles. The minimum atomic E-state index is -1.97. The average molecular weight is 540 g/mol. The molecule has 0 saturated carbocycles. The third-order valence-electron chi connectivity index (χ3n) is 8.12. The molecule has 0 aromatic heterocycles. The van der Waals surface area contributed by atoms with Gasteiger partial charge in [-0.3, -0.25) is 14.4 Å². The number of carbonyl (C=O) groups is 3. The molecule has 6 atom stereocenters. The van der Waals surface area contributed by atoms with E-state index in [0.717, 1.165) is 6.42 Å². The molecule has 0 radical (unpaired) electrons. The van der Waals surface area contributed by atoms with Crippen LogP contribution in [0.3, 0.4) is 0 Å². The molecule has 0 unspecified atom stereocenters. The largest absolute Gasteiger partial charge is 0.507 e. The van der Waals surface area contributed by atoms with Gasteiger partial charge < -0.3 is 35.6 Å². The molecule has 6 N–H and O–H groups in total. The highest BCUT2D eigenvalue weighted by atomic mass is 16.7. The van der Waals surface area contributed by atoms with Crippen molar-refractivity contribution in [2.45, 2.75) is 88.6 Å². The van der Waals surface area contributed by atoms with Crippen LogP contribution in [-0.4, -0.2) is 67.9 Å². The fourth-order valence-electron chi connectivity index (χ4n) is 5.94. The van der Waals surface area contributed by atoms with Gasteiger partial charge in [-0.2, -0.15) is 0 Å². The van der Waals surface area contributed by atoms with Gasteiger partial charge in [0.15, 0.2) is 23.6 Å². The zero-order valence-corrected chi connectivity index (χ0v) is 21.8. The highest BCUT2D eigenvalue weighted by molar-refractivity contribution is 6.30. The number of unbranched alkanes of at least 4 members (excludes halogenated alkanes) is 1. The van der Waals surface area contributed by atoms with Crippen LogP contribution in [0.5, 0.6) is 11.5 Å². The number of rotatable bonds is 6. The van der Waals surface area contributed by atoms with Gasteiger partial charge in [-0.15, -0.1) is 0 Å². The third kappa shape index (κ3) is 4.46. The normalized spacial score (nSPS) is 29.9. The lowest BCUT2D eigenvalue weighted by atomic mass is 9.71. The summed E-state index contributed by atoms with van der Waals surface area (Å²) in [5.41, 5.74) is 3.51. The minimum absolute atomic E-state index is 0.00990. The number of ether oxygens (including phenoxy) is 2. The number of hydrogen-bond acceptors (Lipinski definition) is 10. The van der Waals surface area contributed by atoms with Gasteiger partial charge in [-0.05, 0) is 13.3 Å². The Bertz CT molecular complexity index is 1340. The van der Waals surface area contributed by atoms with Crippen molar-refractivity contribution in [1.82, 2.24) is 0 Å². The Morgan fingerprint density at radius 2 is 1.74 bits per heavy atom. The molecule has 1 aliphatic heterocycles. The molecule has 1 heterocycles. The lowest BCUT2D eigenvalue weighted by Gasteiger charge is -2.42. The Labute approximate surface area is 225 Å². The van der Waals surface area contributed by atoms with Crippen molar-refractivity contribution in [2.24, 2.45) is 5.73 Å². The van der Waals surface area contributed by atoms with Crippen LogP contribution in [0.25, 0.3) is 0 Å². The summed E-state index contributed by atoms with van der Waals surface area (Å²) >= 11 is 0. The molecule has 0 amide bonds. The predicted octanol–water partition coefficient (Wildman–Crippen LogP) is 2.19. The van der Waals surface area contributed by atoms with E-state index < -0.39 is 65.1 Å². The number of aliphatic hydroxyl groups excluding tert-OH is 1. The Morgan fingerprint density at radius 3 is 2.33 bits per heavy atom. The van der Waals surface area contributed by atoms with E-state index in [1.807, 2.05) is 6.92 Å². The van der Waals surface area contributed by atoms with Crippen molar-refractivity contribution in [2.75, 3.05) is 0 Å². The maximum Gasteiger partial charge on any atom is 0.198 e. The number of Topliss-reactive ketones (excluding diaryl/α,β-unsaturated/α-hetero) is 1. The van der Waals surface area contributed by atoms with Gasteiger partial charge in [-0.1, -0.05) is 37.6 Å². The summed E-state index contributed by atoms with van der Waals surface area (Å²) in [6, 6.07) is 5.44. The van der Waals surface area contributed by atoms with Gasteiger partial charge >= 0.3 is 0 Å². The van der Waals surface area contributed by atoms with E-state index in [9.17, 15) is 34.8 Å². The van der Waals surface area contributed by atoms with Gasteiger partial charge in [0, 0.05) is 54.0 Å². The number of ketones is 3. The molecule has 3 aliphatic rings. The number of phenols is 2. The van der Waals surface area contributed by atoms with Gasteiger partial charge in [0.25, 0.3) is 0 Å². The van der Waals surface area contributed by atoms with Crippen LogP contribution in [0.1, 0.15) is 95.0 Å². The molecule has 1 saturated heterocycles. The van der Waals surface area contributed by atoms with Gasteiger partial charge in [-0.25, -0.2) is 0 Å². The van der Waals surface area contributed by atoms with E-state index in [0.29, 0.717) is 6.42 Å². The molecular formula is C29H33NO9. The van der Waals surface area contributed by atoms with Gasteiger partial charge in [0.05, 0.1) is 29.4 Å². The Morgan fingerprint density at radius 1 is 1.13 bits per heavy atom. The standard InChI is InChI=1S/C29H33NO9/c1-3-4-9-19(31)29(37)11-16-21(18(12-29)39-20-10-17(30)24(32)13(2)38-20)28(36)23-22(27(16)35)25(33)14-7-5-6-8-15(14)26(23)34/h5-8,13,17-18,20,24,32,35-37H,3-4,9-12,30H2,1-2H3/t13-,17-,18-,20-,24+,29-/m0/s1. The molecular weight excluding hydrogens is 506 g/mol. The first kappa shape index (κ1) is 27.4. The van der Waals surface area contributed by atoms with Crippen LogP contribution in [0.4, 0.5) is 0 Å². The summed E-state index contributed by atoms with van der Waals surface area (Å²) in [6.07, 6.45) is -2.98. The van der Waals surface area contributed by atoms with Gasteiger partial charge in [0.2, 0.25) is 0 Å². The average Bonchev–Trinajstić information content (AvgIpc) is 2.90. The SMILES string of the molecule is CCCCC(=O)[C@]1(O)Cc2c(O)c3c(c(O)c2[C@@H](O[C@H]2C[C@H](N)[C@H](O)[C@H](C)O2)C1)C(=O)c1ccccc1C3=O. The second kappa shape index (κ2) is 10.1. The predicted molar refractivity (Wildman–Crippen MR) is 138 cm³/mol. The lowest BCUT2D eigenvalue weighted by molar-refractivity contribution is -0.247. The summed E-state index contributed by atoms with van der Waals surface area (Å²) in [7, 11) is 0. The number of hydrogen-bond donors (Lipinski definition) is 5. The Hall–Kier alpha value is -3.15. The third-order valence-corrected chi connectivity index (χ3v) is 8.12. The second-order valence-corrected chi connectivity index (χ2v) is 10.8. The fourth-order valence-corrected chi connectivity index (χ4v) is 5.94. The van der Waals surface area contributed by atoms with E-state index in [4.69, 9.17) is 15.2 Å². The minimum Gasteiger partial charge on any atom is -0.507 e. The maximum atomic E-state index is 13.4. The van der Waals surface area contributed by atoms with Crippen molar-refractivity contribution in [3.05, 3.63) is 57.6 Å². The summed E-state index contributed by atoms with van der Waals surface area (Å²) in [4.78, 5) is 40.0. The van der Waals surface area contributed by atoms with Crippen molar-refractivity contribution in [3.8, 4) is 11.5 Å². The molecule has 0 bridgehead atoms. The number of carbonyl (C=O) groups excluding carboxylic acids is 3. The topological polar surface area (TPSA) is 177 Å². The van der Waals surface area contributed by atoms with Crippen LogP contribution in [-0.2, 0) is 20.7 Å².